The summed E-state index contributed by atoms with van der Waals surface area (Å²) in [6, 6.07) is 1.98. The average molecular weight is 317 g/mol. The Morgan fingerprint density at radius 2 is 2.00 bits per heavy atom. The maximum Gasteiger partial charge on any atom is 0.416 e. The van der Waals surface area contributed by atoms with E-state index in [2.05, 4.69) is 14.9 Å². The van der Waals surface area contributed by atoms with E-state index in [0.29, 0.717) is 12.1 Å². The molecule has 0 saturated heterocycles. The Kier molecular flexibility index (Phi) is 3.89. The fourth-order valence-electron chi connectivity index (χ4n) is 1.46. The van der Waals surface area contributed by atoms with Crippen molar-refractivity contribution in [3.8, 4) is 0 Å². The molecule has 0 fully saturated rings. The summed E-state index contributed by atoms with van der Waals surface area (Å²) < 4.78 is 41.3. The smallest absolute Gasteiger partial charge is 0.416 e. The Labute approximate surface area is 119 Å². The molecule has 2 rings (SSSR count). The number of alkyl halides is 3. The van der Waals surface area contributed by atoms with Gasteiger partial charge in [-0.25, -0.2) is 4.79 Å². The number of carbonyl (C=O) groups is 2. The molecule has 110 valence electrons. The van der Waals surface area contributed by atoms with Crippen molar-refractivity contribution in [3.63, 3.8) is 0 Å². The number of anilines is 1. The SMILES string of the molecule is O=C(Nc1cc(C(F)(F)F)ccc1C(=O)O)c1cnns1. The highest BCUT2D eigenvalue weighted by Crippen LogP contribution is 2.32. The van der Waals surface area contributed by atoms with E-state index in [4.69, 9.17) is 5.11 Å². The van der Waals surface area contributed by atoms with E-state index in [0.717, 1.165) is 23.8 Å². The monoisotopic (exact) mass is 317 g/mol. The number of benzene rings is 1. The summed E-state index contributed by atoms with van der Waals surface area (Å²) in [5.74, 6) is -2.24. The molecule has 0 aliphatic carbocycles. The normalized spacial score (nSPS) is 11.2. The largest absolute Gasteiger partial charge is 0.478 e. The van der Waals surface area contributed by atoms with Crippen LogP contribution in [0.4, 0.5) is 18.9 Å². The molecular formula is C11H6F3N3O3S. The minimum atomic E-state index is -4.65. The molecule has 2 aromatic rings. The molecule has 1 aromatic carbocycles. The van der Waals surface area contributed by atoms with Crippen molar-refractivity contribution in [1.82, 2.24) is 9.59 Å². The van der Waals surface area contributed by atoms with Crippen molar-refractivity contribution in [1.29, 1.82) is 0 Å². The van der Waals surface area contributed by atoms with Gasteiger partial charge in [-0.05, 0) is 29.7 Å². The van der Waals surface area contributed by atoms with E-state index in [1.54, 1.807) is 0 Å². The minimum absolute atomic E-state index is 0.0451. The van der Waals surface area contributed by atoms with Crippen LogP contribution >= 0.6 is 11.5 Å². The van der Waals surface area contributed by atoms with Crippen molar-refractivity contribution in [2.24, 2.45) is 0 Å². The van der Waals surface area contributed by atoms with Gasteiger partial charge in [-0.3, -0.25) is 4.79 Å². The zero-order chi connectivity index (χ0) is 15.6. The molecule has 21 heavy (non-hydrogen) atoms. The number of carbonyl (C=O) groups excluding carboxylic acids is 1. The Morgan fingerprint density at radius 3 is 2.52 bits per heavy atom. The first-order valence-electron chi connectivity index (χ1n) is 5.32. The highest BCUT2D eigenvalue weighted by molar-refractivity contribution is 7.07. The fraction of sp³-hybridized carbons (Fsp3) is 0.0909. The number of aromatic nitrogens is 2. The predicted molar refractivity (Wildman–Crippen MR) is 66.3 cm³/mol. The summed E-state index contributed by atoms with van der Waals surface area (Å²) in [6.07, 6.45) is -3.53. The highest BCUT2D eigenvalue weighted by atomic mass is 32.1. The zero-order valence-electron chi connectivity index (χ0n) is 10.0. The molecule has 0 atom stereocenters. The van der Waals surface area contributed by atoms with Gasteiger partial charge in [0.05, 0.1) is 23.0 Å². The third-order valence-corrected chi connectivity index (χ3v) is 3.07. The Morgan fingerprint density at radius 1 is 1.29 bits per heavy atom. The second-order valence-corrected chi connectivity index (χ2v) is 4.58. The maximum atomic E-state index is 12.6. The topological polar surface area (TPSA) is 92.2 Å². The summed E-state index contributed by atoms with van der Waals surface area (Å²) >= 11 is 0.731. The van der Waals surface area contributed by atoms with Crippen molar-refractivity contribution in [3.05, 3.63) is 40.4 Å². The minimum Gasteiger partial charge on any atom is -0.478 e. The lowest BCUT2D eigenvalue weighted by molar-refractivity contribution is -0.137. The van der Waals surface area contributed by atoms with Crippen LogP contribution in [0.25, 0.3) is 0 Å². The first-order chi connectivity index (χ1) is 9.79. The van der Waals surface area contributed by atoms with Crippen LogP contribution in [0.2, 0.25) is 0 Å². The molecule has 1 heterocycles. The van der Waals surface area contributed by atoms with Crippen LogP contribution in [0.3, 0.4) is 0 Å². The van der Waals surface area contributed by atoms with Crippen LogP contribution in [0.1, 0.15) is 25.6 Å². The van der Waals surface area contributed by atoms with Crippen LogP contribution in [-0.2, 0) is 6.18 Å². The van der Waals surface area contributed by atoms with Gasteiger partial charge in [-0.1, -0.05) is 4.49 Å². The van der Waals surface area contributed by atoms with Crippen molar-refractivity contribution in [2.45, 2.75) is 6.18 Å². The molecule has 0 aliphatic rings. The van der Waals surface area contributed by atoms with E-state index in [-0.39, 0.29) is 4.88 Å². The molecule has 0 aliphatic heterocycles. The number of carboxylic acids is 1. The molecule has 1 amide bonds. The molecule has 0 unspecified atom stereocenters. The summed E-state index contributed by atoms with van der Waals surface area (Å²) in [5.41, 5.74) is -1.96. The molecule has 0 saturated carbocycles. The number of amides is 1. The number of nitrogens with zero attached hydrogens (tertiary/aromatic N) is 2. The lowest BCUT2D eigenvalue weighted by atomic mass is 10.1. The van der Waals surface area contributed by atoms with Gasteiger partial charge in [-0.2, -0.15) is 13.2 Å². The zero-order valence-corrected chi connectivity index (χ0v) is 10.8. The quantitative estimate of drug-likeness (QED) is 0.907. The second-order valence-electron chi connectivity index (χ2n) is 3.80. The van der Waals surface area contributed by atoms with Crippen LogP contribution in [-0.4, -0.2) is 26.6 Å². The van der Waals surface area contributed by atoms with Gasteiger partial charge in [0, 0.05) is 0 Å². The van der Waals surface area contributed by atoms with Gasteiger partial charge in [0.15, 0.2) is 0 Å². The number of halogens is 3. The summed E-state index contributed by atoms with van der Waals surface area (Å²) in [5, 5.41) is 14.5. The molecule has 10 heteroatoms. The van der Waals surface area contributed by atoms with E-state index in [1.807, 2.05) is 0 Å². The lowest BCUT2D eigenvalue weighted by Gasteiger charge is -2.12. The van der Waals surface area contributed by atoms with Crippen LogP contribution in [0, 0.1) is 0 Å². The van der Waals surface area contributed by atoms with Crippen molar-refractivity contribution in [2.75, 3.05) is 5.32 Å². The Balaban J connectivity index is 2.39. The number of nitrogens with one attached hydrogen (secondary N) is 1. The number of hydrogen-bond acceptors (Lipinski definition) is 5. The average Bonchev–Trinajstić information content (AvgIpc) is 2.91. The van der Waals surface area contributed by atoms with Crippen LogP contribution in [0.5, 0.6) is 0 Å². The third-order valence-electron chi connectivity index (χ3n) is 2.41. The number of hydrogen-bond donors (Lipinski definition) is 2. The summed E-state index contributed by atoms with van der Waals surface area (Å²) in [6.45, 7) is 0. The van der Waals surface area contributed by atoms with E-state index >= 15 is 0 Å². The van der Waals surface area contributed by atoms with Crippen molar-refractivity contribution < 1.29 is 27.9 Å². The van der Waals surface area contributed by atoms with Gasteiger partial charge in [0.1, 0.15) is 4.88 Å². The van der Waals surface area contributed by atoms with Gasteiger partial charge >= 0.3 is 12.1 Å². The highest BCUT2D eigenvalue weighted by Gasteiger charge is 2.31. The number of carboxylic acid groups (broad SMARTS) is 1. The molecular weight excluding hydrogens is 311 g/mol. The molecule has 0 bridgehead atoms. The molecule has 2 N–H and O–H groups in total. The van der Waals surface area contributed by atoms with E-state index in [1.165, 1.54) is 0 Å². The summed E-state index contributed by atoms with van der Waals surface area (Å²) in [7, 11) is 0. The van der Waals surface area contributed by atoms with Crippen molar-refractivity contribution >= 4 is 29.1 Å². The molecule has 0 spiro atoms. The fourth-order valence-corrected chi connectivity index (χ4v) is 1.87. The van der Waals surface area contributed by atoms with Gasteiger partial charge in [0.2, 0.25) is 0 Å². The molecule has 6 nitrogen and oxygen atoms in total. The van der Waals surface area contributed by atoms with Crippen LogP contribution in [0.15, 0.2) is 24.4 Å². The molecule has 0 radical (unpaired) electrons. The second kappa shape index (κ2) is 5.48. The number of rotatable bonds is 3. The Hall–Kier alpha value is -2.49. The van der Waals surface area contributed by atoms with Gasteiger partial charge in [0.25, 0.3) is 5.91 Å². The first-order valence-corrected chi connectivity index (χ1v) is 6.09. The van der Waals surface area contributed by atoms with Gasteiger partial charge < -0.3 is 10.4 Å². The summed E-state index contributed by atoms with van der Waals surface area (Å²) in [4.78, 5) is 22.8. The molecule has 1 aromatic heterocycles. The first kappa shape index (κ1) is 14.9. The van der Waals surface area contributed by atoms with E-state index in [9.17, 15) is 22.8 Å². The predicted octanol–water partition coefficient (Wildman–Crippen LogP) is 2.51. The Bertz CT molecular complexity index is 686. The number of aromatic carboxylic acids is 1. The maximum absolute atomic E-state index is 12.6. The van der Waals surface area contributed by atoms with Gasteiger partial charge in [-0.15, -0.1) is 5.10 Å². The third kappa shape index (κ3) is 3.34. The van der Waals surface area contributed by atoms with E-state index < -0.39 is 34.9 Å². The van der Waals surface area contributed by atoms with Crippen LogP contribution < -0.4 is 5.32 Å². The standard InChI is InChI=1S/C11H6F3N3O3S/c12-11(13,14)5-1-2-6(10(19)20)7(3-5)16-9(18)8-4-15-17-21-8/h1-4H,(H,16,18)(H,19,20). The lowest BCUT2D eigenvalue weighted by Crippen LogP contribution is -2.15.